The maximum atomic E-state index is 12.8. The maximum absolute atomic E-state index is 12.8. The third-order valence-electron chi connectivity index (χ3n) is 3.46. The minimum atomic E-state index is -3.48. The number of unbranched alkanes of at least 4 members (excludes halogenated alkanes) is 1. The molecular weight excluding hydrogens is 496 g/mol. The fraction of sp³-hybridized carbons (Fsp3) is 0.267. The summed E-state index contributed by atoms with van der Waals surface area (Å²) in [5, 5.41) is 8.22. The van der Waals surface area contributed by atoms with Gasteiger partial charge in [-0.3, -0.25) is 4.79 Å². The summed E-state index contributed by atoms with van der Waals surface area (Å²) in [6.45, 7) is 1.91. The Morgan fingerprint density at radius 1 is 1.24 bits per heavy atom. The van der Waals surface area contributed by atoms with Crippen LogP contribution in [0.3, 0.4) is 0 Å². The molecule has 0 bridgehead atoms. The first-order valence-corrected chi connectivity index (χ1v) is 11.4. The highest BCUT2D eigenvalue weighted by Gasteiger charge is 2.22. The van der Waals surface area contributed by atoms with Crippen molar-refractivity contribution >= 4 is 64.0 Å². The molecule has 3 aromatic rings. The molecule has 0 fully saturated rings. The van der Waals surface area contributed by atoms with E-state index in [1.165, 1.54) is 6.26 Å². The number of benzene rings is 1. The first-order valence-electron chi connectivity index (χ1n) is 7.30. The normalized spacial score (nSPS) is 12.0. The van der Waals surface area contributed by atoms with Crippen LogP contribution in [0.4, 0.5) is 0 Å². The van der Waals surface area contributed by atoms with E-state index in [1.807, 2.05) is 6.92 Å². The largest absolute Gasteiger partial charge is 0.462 e. The lowest BCUT2D eigenvalue weighted by Crippen LogP contribution is -2.06. The summed E-state index contributed by atoms with van der Waals surface area (Å²) in [5.41, 5.74) is 0.307. The highest BCUT2D eigenvalue weighted by molar-refractivity contribution is 9.11. The van der Waals surface area contributed by atoms with E-state index in [0.29, 0.717) is 21.9 Å². The lowest BCUT2D eigenvalue weighted by Gasteiger charge is -2.02. The van der Waals surface area contributed by atoms with Gasteiger partial charge in [-0.05, 0) is 34.5 Å². The fourth-order valence-electron chi connectivity index (χ4n) is 2.18. The van der Waals surface area contributed by atoms with Crippen LogP contribution in [0, 0.1) is 0 Å². The maximum Gasteiger partial charge on any atom is 0.232 e. The summed E-state index contributed by atoms with van der Waals surface area (Å²) in [6, 6.07) is 3.42. The standard InChI is InChI=1S/C15H12Br2N2O4S2/c1-2-3-4-25(21,22)15-19-18-14(24-15)10-7-23-13-9(12(10)20)5-8(16)6-11(13)17/h5-7H,2-4H2,1H3. The first-order chi connectivity index (χ1) is 11.8. The quantitative estimate of drug-likeness (QED) is 0.508. The van der Waals surface area contributed by atoms with E-state index in [1.54, 1.807) is 12.1 Å². The van der Waals surface area contributed by atoms with Crippen molar-refractivity contribution in [2.24, 2.45) is 0 Å². The average Bonchev–Trinajstić information content (AvgIpc) is 3.04. The molecule has 132 valence electrons. The van der Waals surface area contributed by atoms with Crippen molar-refractivity contribution in [1.82, 2.24) is 10.2 Å². The second-order valence-corrected chi connectivity index (χ2v) is 10.3. The molecule has 0 N–H and O–H groups in total. The highest BCUT2D eigenvalue weighted by Crippen LogP contribution is 2.30. The van der Waals surface area contributed by atoms with Crippen molar-refractivity contribution in [2.75, 3.05) is 5.75 Å². The molecule has 0 saturated heterocycles. The summed E-state index contributed by atoms with van der Waals surface area (Å²) in [7, 11) is -3.48. The van der Waals surface area contributed by atoms with Crippen LogP contribution in [0.2, 0.25) is 0 Å². The highest BCUT2D eigenvalue weighted by atomic mass is 79.9. The number of rotatable bonds is 5. The molecule has 0 unspecified atom stereocenters. The molecule has 2 heterocycles. The number of nitrogens with zero attached hydrogens (tertiary/aromatic N) is 2. The van der Waals surface area contributed by atoms with Crippen LogP contribution >= 0.6 is 43.2 Å². The number of hydrogen-bond donors (Lipinski definition) is 0. The molecule has 0 radical (unpaired) electrons. The third-order valence-corrected chi connectivity index (χ3v) is 7.71. The van der Waals surface area contributed by atoms with Crippen molar-refractivity contribution in [3.8, 4) is 10.6 Å². The van der Waals surface area contributed by atoms with Crippen molar-refractivity contribution < 1.29 is 12.8 Å². The zero-order valence-electron chi connectivity index (χ0n) is 13.0. The van der Waals surface area contributed by atoms with Gasteiger partial charge in [0.2, 0.25) is 19.6 Å². The summed E-state index contributed by atoms with van der Waals surface area (Å²) in [5.74, 6) is 0.0182. The molecule has 0 aliphatic heterocycles. The summed E-state index contributed by atoms with van der Waals surface area (Å²) >= 11 is 7.57. The molecule has 0 aliphatic rings. The smallest absolute Gasteiger partial charge is 0.232 e. The molecule has 0 aliphatic carbocycles. The number of sulfone groups is 1. The van der Waals surface area contributed by atoms with Crippen LogP contribution in [0.25, 0.3) is 21.5 Å². The van der Waals surface area contributed by atoms with Crippen molar-refractivity contribution in [1.29, 1.82) is 0 Å². The number of fused-ring (bicyclic) bond motifs is 1. The average molecular weight is 508 g/mol. The van der Waals surface area contributed by atoms with Crippen LogP contribution in [-0.2, 0) is 9.84 Å². The second kappa shape index (κ2) is 7.26. The lowest BCUT2D eigenvalue weighted by atomic mass is 10.2. The van der Waals surface area contributed by atoms with Gasteiger partial charge < -0.3 is 4.42 Å². The van der Waals surface area contributed by atoms with Gasteiger partial charge in [-0.1, -0.05) is 40.6 Å². The van der Waals surface area contributed by atoms with E-state index >= 15 is 0 Å². The van der Waals surface area contributed by atoms with Crippen LogP contribution in [0.15, 0.2) is 40.9 Å². The molecule has 1 aromatic carbocycles. The van der Waals surface area contributed by atoms with Crippen molar-refractivity contribution in [2.45, 2.75) is 24.1 Å². The molecule has 0 saturated carbocycles. The molecule has 0 amide bonds. The van der Waals surface area contributed by atoms with E-state index in [0.717, 1.165) is 22.2 Å². The van der Waals surface area contributed by atoms with E-state index < -0.39 is 9.84 Å². The zero-order chi connectivity index (χ0) is 18.2. The Balaban J connectivity index is 2.09. The molecule has 0 atom stereocenters. The van der Waals surface area contributed by atoms with Crippen molar-refractivity contribution in [3.63, 3.8) is 0 Å². The van der Waals surface area contributed by atoms with E-state index in [4.69, 9.17) is 4.42 Å². The van der Waals surface area contributed by atoms with Gasteiger partial charge >= 0.3 is 0 Å². The minimum Gasteiger partial charge on any atom is -0.462 e. The Labute approximate surface area is 164 Å². The SMILES string of the molecule is CCCCS(=O)(=O)c1nnc(-c2coc3c(Br)cc(Br)cc3c2=O)s1. The number of hydrogen-bond acceptors (Lipinski definition) is 7. The third kappa shape index (κ3) is 3.71. The molecule has 2 aromatic heterocycles. The van der Waals surface area contributed by atoms with Crippen LogP contribution < -0.4 is 5.43 Å². The van der Waals surface area contributed by atoms with Gasteiger partial charge in [0.15, 0.2) is 10.6 Å². The summed E-state index contributed by atoms with van der Waals surface area (Å²) < 4.78 is 31.3. The van der Waals surface area contributed by atoms with Gasteiger partial charge in [-0.15, -0.1) is 10.2 Å². The minimum absolute atomic E-state index is 0.0182. The van der Waals surface area contributed by atoms with Crippen LogP contribution in [0.1, 0.15) is 19.8 Å². The van der Waals surface area contributed by atoms with Crippen molar-refractivity contribution in [3.05, 3.63) is 37.6 Å². The van der Waals surface area contributed by atoms with Gasteiger partial charge in [0.25, 0.3) is 0 Å². The van der Waals surface area contributed by atoms with Gasteiger partial charge in [0, 0.05) is 4.47 Å². The van der Waals surface area contributed by atoms with Crippen LogP contribution in [-0.4, -0.2) is 24.4 Å². The zero-order valence-corrected chi connectivity index (χ0v) is 17.8. The van der Waals surface area contributed by atoms with E-state index in [2.05, 4.69) is 42.1 Å². The monoisotopic (exact) mass is 506 g/mol. The Morgan fingerprint density at radius 2 is 2.00 bits per heavy atom. The second-order valence-electron chi connectivity index (χ2n) is 5.29. The number of aromatic nitrogens is 2. The fourth-order valence-corrected chi connectivity index (χ4v) is 6.08. The molecule has 0 spiro atoms. The van der Waals surface area contributed by atoms with Gasteiger partial charge in [0.05, 0.1) is 21.2 Å². The molecule has 6 nitrogen and oxygen atoms in total. The summed E-state index contributed by atoms with van der Waals surface area (Å²) in [4.78, 5) is 12.8. The Hall–Kier alpha value is -1.10. The van der Waals surface area contributed by atoms with E-state index in [9.17, 15) is 13.2 Å². The molecule has 10 heteroatoms. The predicted molar refractivity (Wildman–Crippen MR) is 104 cm³/mol. The lowest BCUT2D eigenvalue weighted by molar-refractivity contribution is 0.590. The predicted octanol–water partition coefficient (Wildman–Crippen LogP) is 4.41. The topological polar surface area (TPSA) is 90.1 Å². The Morgan fingerprint density at radius 3 is 2.72 bits per heavy atom. The molecular formula is C15H12Br2N2O4S2. The van der Waals surface area contributed by atoms with E-state index in [-0.39, 0.29) is 26.1 Å². The first kappa shape index (κ1) is 18.7. The number of halogens is 2. The molecule has 3 rings (SSSR count). The van der Waals surface area contributed by atoms with Gasteiger partial charge in [-0.25, -0.2) is 8.42 Å². The molecule has 25 heavy (non-hydrogen) atoms. The van der Waals surface area contributed by atoms with Gasteiger partial charge in [0.1, 0.15) is 6.26 Å². The summed E-state index contributed by atoms with van der Waals surface area (Å²) in [6.07, 6.45) is 2.60. The Kier molecular flexibility index (Phi) is 5.42. The van der Waals surface area contributed by atoms with Gasteiger partial charge in [-0.2, -0.15) is 0 Å². The Bertz CT molecular complexity index is 1110. The van der Waals surface area contributed by atoms with Crippen LogP contribution in [0.5, 0.6) is 0 Å².